The lowest BCUT2D eigenvalue weighted by Crippen LogP contribution is -2.17. The molecular formula is C55H66BrN3. The minimum Gasteiger partial charge on any atom is -0.354 e. The van der Waals surface area contributed by atoms with Crippen molar-refractivity contribution in [1.29, 1.82) is 0 Å². The van der Waals surface area contributed by atoms with Crippen molar-refractivity contribution in [3.63, 3.8) is 0 Å². The van der Waals surface area contributed by atoms with Gasteiger partial charge in [-0.15, -0.1) is 0 Å². The minimum absolute atomic E-state index is 0.0540. The van der Waals surface area contributed by atoms with Gasteiger partial charge < -0.3 is 15.1 Å². The SMILES string of the molecule is Cc1cc(Nc2cccc(N(c3ccc(C(C)(C)C)cc3)c3c(C)cc(C(C)(C)C)cc3C)c2)c(Br)c(N(c2ccc(C(C)(C)C)cc2)c2ccc(C(C)(C)C)cc2)c1. The topological polar surface area (TPSA) is 18.5 Å². The number of rotatable bonds is 8. The number of anilines is 8. The lowest BCUT2D eigenvalue weighted by molar-refractivity contribution is 0.589. The Balaban J connectivity index is 1.46. The largest absolute Gasteiger partial charge is 0.354 e. The van der Waals surface area contributed by atoms with E-state index in [1.54, 1.807) is 0 Å². The third kappa shape index (κ3) is 9.82. The molecule has 0 saturated carbocycles. The van der Waals surface area contributed by atoms with Crippen LogP contribution in [0.3, 0.4) is 0 Å². The maximum Gasteiger partial charge on any atom is 0.0651 e. The van der Waals surface area contributed by atoms with Crippen LogP contribution in [0.1, 0.15) is 122 Å². The van der Waals surface area contributed by atoms with E-state index in [1.165, 1.54) is 39.1 Å². The quantitative estimate of drug-likeness (QED) is 0.165. The van der Waals surface area contributed by atoms with Gasteiger partial charge in [0.25, 0.3) is 0 Å². The van der Waals surface area contributed by atoms with E-state index in [4.69, 9.17) is 0 Å². The van der Waals surface area contributed by atoms with Gasteiger partial charge in [0, 0.05) is 28.4 Å². The molecule has 6 rings (SSSR count). The second kappa shape index (κ2) is 16.3. The standard InChI is InChI=1S/C55H66BrN3/c1-36-31-48(50(56)49(32-36)58(44-25-19-39(20-26-44)52(4,5)6)45-27-21-40(22-28-45)53(7,8)9)57-43-17-16-18-47(35-43)59(46-29-23-41(24-30-46)54(10,11)12)51-37(2)33-42(34-38(51)3)55(13,14)15/h16-35,57H,1-15H3. The molecular weight excluding hydrogens is 783 g/mol. The molecule has 0 aliphatic carbocycles. The van der Waals surface area contributed by atoms with Gasteiger partial charge in [-0.05, 0) is 164 Å². The maximum absolute atomic E-state index is 4.13. The fraction of sp³-hybridized carbons (Fsp3) is 0.345. The molecule has 59 heavy (non-hydrogen) atoms. The highest BCUT2D eigenvalue weighted by molar-refractivity contribution is 9.10. The molecule has 0 saturated heterocycles. The third-order valence-corrected chi connectivity index (χ3v) is 12.2. The second-order valence-electron chi connectivity index (χ2n) is 20.6. The summed E-state index contributed by atoms with van der Waals surface area (Å²) in [6.45, 7) is 34.0. The molecule has 0 aromatic heterocycles. The van der Waals surface area contributed by atoms with Crippen molar-refractivity contribution in [2.45, 2.75) is 126 Å². The Bertz CT molecular complexity index is 2330. The second-order valence-corrected chi connectivity index (χ2v) is 21.4. The van der Waals surface area contributed by atoms with Gasteiger partial charge in [0.2, 0.25) is 0 Å². The molecule has 0 spiro atoms. The number of nitrogens with one attached hydrogen (secondary N) is 1. The van der Waals surface area contributed by atoms with Gasteiger partial charge in [-0.1, -0.05) is 138 Å². The molecule has 0 bridgehead atoms. The smallest absolute Gasteiger partial charge is 0.0651 e. The van der Waals surface area contributed by atoms with Gasteiger partial charge in [-0.25, -0.2) is 0 Å². The molecule has 6 aromatic carbocycles. The van der Waals surface area contributed by atoms with Gasteiger partial charge in [0.05, 0.1) is 21.5 Å². The van der Waals surface area contributed by atoms with E-state index in [9.17, 15) is 0 Å². The van der Waals surface area contributed by atoms with Crippen LogP contribution in [0.15, 0.2) is 126 Å². The Morgan fingerprint density at radius 1 is 0.424 bits per heavy atom. The summed E-state index contributed by atoms with van der Waals surface area (Å²) in [6.07, 6.45) is 0. The van der Waals surface area contributed by atoms with Gasteiger partial charge in [-0.3, -0.25) is 0 Å². The number of aryl methyl sites for hydroxylation is 3. The average molecular weight is 849 g/mol. The van der Waals surface area contributed by atoms with E-state index in [-0.39, 0.29) is 21.7 Å². The van der Waals surface area contributed by atoms with Crippen LogP contribution in [0.5, 0.6) is 0 Å². The van der Waals surface area contributed by atoms with Crippen LogP contribution in [0.4, 0.5) is 45.5 Å². The van der Waals surface area contributed by atoms with E-state index in [0.29, 0.717) is 0 Å². The zero-order chi connectivity index (χ0) is 43.2. The lowest BCUT2D eigenvalue weighted by Gasteiger charge is -2.31. The Morgan fingerprint density at radius 2 is 0.831 bits per heavy atom. The fourth-order valence-electron chi connectivity index (χ4n) is 7.79. The molecule has 6 aromatic rings. The molecule has 0 fully saturated rings. The van der Waals surface area contributed by atoms with Gasteiger partial charge in [0.15, 0.2) is 0 Å². The number of halogens is 1. The van der Waals surface area contributed by atoms with Crippen molar-refractivity contribution < 1.29 is 0 Å². The molecule has 308 valence electrons. The van der Waals surface area contributed by atoms with E-state index in [2.05, 4.69) is 256 Å². The summed E-state index contributed by atoms with van der Waals surface area (Å²) in [6, 6.07) is 45.3. The zero-order valence-corrected chi connectivity index (χ0v) is 39.9. The van der Waals surface area contributed by atoms with E-state index >= 15 is 0 Å². The number of nitrogens with zero attached hydrogens (tertiary/aromatic N) is 2. The molecule has 0 atom stereocenters. The van der Waals surface area contributed by atoms with E-state index in [1.807, 2.05) is 0 Å². The molecule has 0 heterocycles. The molecule has 0 radical (unpaired) electrons. The highest BCUT2D eigenvalue weighted by Crippen LogP contribution is 2.46. The maximum atomic E-state index is 4.13. The summed E-state index contributed by atoms with van der Waals surface area (Å²) < 4.78 is 0.993. The third-order valence-electron chi connectivity index (χ3n) is 11.4. The summed E-state index contributed by atoms with van der Waals surface area (Å²) >= 11 is 4.13. The Labute approximate surface area is 365 Å². The summed E-state index contributed by atoms with van der Waals surface area (Å²) in [5.41, 5.74) is 17.9. The molecule has 3 nitrogen and oxygen atoms in total. The summed E-state index contributed by atoms with van der Waals surface area (Å²) in [4.78, 5) is 4.79. The highest BCUT2D eigenvalue weighted by atomic mass is 79.9. The van der Waals surface area contributed by atoms with Crippen LogP contribution in [-0.4, -0.2) is 0 Å². The van der Waals surface area contributed by atoms with Crippen molar-refractivity contribution in [3.05, 3.63) is 165 Å². The van der Waals surface area contributed by atoms with Crippen molar-refractivity contribution in [2.24, 2.45) is 0 Å². The van der Waals surface area contributed by atoms with Crippen molar-refractivity contribution in [3.8, 4) is 0 Å². The summed E-state index contributed by atoms with van der Waals surface area (Å²) in [5, 5.41) is 3.85. The van der Waals surface area contributed by atoms with Gasteiger partial charge >= 0.3 is 0 Å². The summed E-state index contributed by atoms with van der Waals surface area (Å²) in [7, 11) is 0. The Kier molecular flexibility index (Phi) is 12.1. The molecule has 0 aliphatic heterocycles. The Hall–Kier alpha value is -4.80. The molecule has 4 heteroatoms. The van der Waals surface area contributed by atoms with Crippen molar-refractivity contribution in [1.82, 2.24) is 0 Å². The van der Waals surface area contributed by atoms with E-state index < -0.39 is 0 Å². The molecule has 1 N–H and O–H groups in total. The monoisotopic (exact) mass is 847 g/mol. The van der Waals surface area contributed by atoms with Crippen LogP contribution in [0, 0.1) is 20.8 Å². The molecule has 0 aliphatic rings. The number of hydrogen-bond acceptors (Lipinski definition) is 3. The first kappa shape index (κ1) is 43.8. The van der Waals surface area contributed by atoms with E-state index in [0.717, 1.165) is 49.8 Å². The van der Waals surface area contributed by atoms with Crippen LogP contribution >= 0.6 is 15.9 Å². The van der Waals surface area contributed by atoms with Gasteiger partial charge in [-0.2, -0.15) is 0 Å². The molecule has 0 amide bonds. The van der Waals surface area contributed by atoms with Gasteiger partial charge in [0.1, 0.15) is 0 Å². The molecule has 0 unspecified atom stereocenters. The highest BCUT2D eigenvalue weighted by Gasteiger charge is 2.24. The number of hydrogen-bond donors (Lipinski definition) is 1. The Morgan fingerprint density at radius 3 is 1.24 bits per heavy atom. The first-order valence-electron chi connectivity index (χ1n) is 21.1. The van der Waals surface area contributed by atoms with Crippen molar-refractivity contribution >= 4 is 61.4 Å². The van der Waals surface area contributed by atoms with Crippen LogP contribution in [0.2, 0.25) is 0 Å². The predicted octanol–water partition coefficient (Wildman–Crippen LogP) is 17.2. The lowest BCUT2D eigenvalue weighted by atomic mass is 9.84. The van der Waals surface area contributed by atoms with Crippen LogP contribution in [-0.2, 0) is 21.7 Å². The normalized spacial score (nSPS) is 12.4. The van der Waals surface area contributed by atoms with Crippen LogP contribution < -0.4 is 15.1 Å². The minimum atomic E-state index is 0.0540. The average Bonchev–Trinajstić information content (AvgIpc) is 3.14. The fourth-order valence-corrected chi connectivity index (χ4v) is 8.29. The first-order chi connectivity index (χ1) is 27.4. The summed E-state index contributed by atoms with van der Waals surface area (Å²) in [5.74, 6) is 0. The zero-order valence-electron chi connectivity index (χ0n) is 38.3. The predicted molar refractivity (Wildman–Crippen MR) is 262 cm³/mol. The number of benzene rings is 6. The first-order valence-corrected chi connectivity index (χ1v) is 21.9. The van der Waals surface area contributed by atoms with Crippen molar-refractivity contribution in [2.75, 3.05) is 15.1 Å². The van der Waals surface area contributed by atoms with Crippen LogP contribution in [0.25, 0.3) is 0 Å².